The van der Waals surface area contributed by atoms with Crippen molar-refractivity contribution in [1.29, 1.82) is 0 Å². The first-order valence-electron chi connectivity index (χ1n) is 7.22. The lowest BCUT2D eigenvalue weighted by Crippen LogP contribution is -2.41. The second-order valence-electron chi connectivity index (χ2n) is 5.26. The average molecular weight is 333 g/mol. The van der Waals surface area contributed by atoms with E-state index in [1.807, 2.05) is 44.2 Å². The van der Waals surface area contributed by atoms with Gasteiger partial charge in [0.05, 0.1) is 5.75 Å². The van der Waals surface area contributed by atoms with Crippen LogP contribution in [0.15, 0.2) is 41.8 Å². The first kappa shape index (κ1) is 17.0. The van der Waals surface area contributed by atoms with Crippen LogP contribution in [0.25, 0.3) is 5.69 Å². The number of benzene rings is 1. The van der Waals surface area contributed by atoms with Gasteiger partial charge in [0, 0.05) is 12.2 Å². The summed E-state index contributed by atoms with van der Waals surface area (Å²) < 4.78 is 1.79. The number of carbonyl (C=O) groups is 2. The molecule has 8 heteroatoms. The van der Waals surface area contributed by atoms with Crippen LogP contribution in [-0.2, 0) is 4.79 Å². The molecule has 3 amide bonds. The molecule has 1 aromatic heterocycles. The molecular formula is C15H19N5O2S. The summed E-state index contributed by atoms with van der Waals surface area (Å²) in [6, 6.07) is 9.11. The van der Waals surface area contributed by atoms with Crippen LogP contribution in [0.2, 0.25) is 0 Å². The molecule has 0 atom stereocenters. The maximum absolute atomic E-state index is 11.8. The van der Waals surface area contributed by atoms with Crippen LogP contribution in [0.1, 0.15) is 13.8 Å². The predicted molar refractivity (Wildman–Crippen MR) is 88.5 cm³/mol. The number of rotatable bonds is 6. The minimum absolute atomic E-state index is 0.0840. The van der Waals surface area contributed by atoms with E-state index in [9.17, 15) is 9.59 Å². The van der Waals surface area contributed by atoms with Crippen LogP contribution in [0, 0.1) is 5.92 Å². The molecule has 0 radical (unpaired) electrons. The minimum Gasteiger partial charge on any atom is -0.338 e. The smallest absolute Gasteiger partial charge is 0.321 e. The van der Waals surface area contributed by atoms with Crippen LogP contribution >= 0.6 is 11.8 Å². The number of amides is 3. The number of hydrogen-bond acceptors (Lipinski definition) is 5. The molecular weight excluding hydrogens is 314 g/mol. The molecule has 0 unspecified atom stereocenters. The highest BCUT2D eigenvalue weighted by Gasteiger charge is 2.12. The van der Waals surface area contributed by atoms with Crippen LogP contribution in [0.4, 0.5) is 4.79 Å². The van der Waals surface area contributed by atoms with Crippen molar-refractivity contribution in [2.45, 2.75) is 19.0 Å². The average Bonchev–Trinajstić information content (AvgIpc) is 3.00. The number of hydrogen-bond donors (Lipinski definition) is 2. The van der Waals surface area contributed by atoms with Crippen molar-refractivity contribution in [3.05, 3.63) is 36.7 Å². The normalized spacial score (nSPS) is 10.6. The van der Waals surface area contributed by atoms with Gasteiger partial charge in [-0.1, -0.05) is 43.8 Å². The highest BCUT2D eigenvalue weighted by molar-refractivity contribution is 7.99. The van der Waals surface area contributed by atoms with E-state index in [1.54, 1.807) is 10.9 Å². The monoisotopic (exact) mass is 333 g/mol. The minimum atomic E-state index is -0.478. The second kappa shape index (κ2) is 8.33. The van der Waals surface area contributed by atoms with E-state index in [4.69, 9.17) is 0 Å². The third-order valence-corrected chi connectivity index (χ3v) is 3.75. The molecule has 2 rings (SSSR count). The summed E-state index contributed by atoms with van der Waals surface area (Å²) in [5, 5.41) is 13.4. The van der Waals surface area contributed by atoms with Gasteiger partial charge in [0.25, 0.3) is 0 Å². The maximum Gasteiger partial charge on any atom is 0.321 e. The van der Waals surface area contributed by atoms with Gasteiger partial charge < -0.3 is 5.32 Å². The lowest BCUT2D eigenvalue weighted by molar-refractivity contribution is -0.117. The van der Waals surface area contributed by atoms with E-state index in [2.05, 4.69) is 20.8 Å². The van der Waals surface area contributed by atoms with Gasteiger partial charge in [0.2, 0.25) is 5.91 Å². The summed E-state index contributed by atoms with van der Waals surface area (Å²) in [6.07, 6.45) is 1.59. The fourth-order valence-corrected chi connectivity index (χ4v) is 2.45. The molecule has 23 heavy (non-hydrogen) atoms. The van der Waals surface area contributed by atoms with Crippen molar-refractivity contribution >= 4 is 23.7 Å². The molecule has 0 aliphatic carbocycles. The Morgan fingerprint density at radius 1 is 1.26 bits per heavy atom. The maximum atomic E-state index is 11.8. The molecule has 0 saturated carbocycles. The van der Waals surface area contributed by atoms with E-state index in [0.717, 1.165) is 5.69 Å². The number of para-hydroxylation sites is 1. The van der Waals surface area contributed by atoms with Crippen LogP contribution in [0.5, 0.6) is 0 Å². The van der Waals surface area contributed by atoms with E-state index in [-0.39, 0.29) is 11.7 Å². The first-order chi connectivity index (χ1) is 11.1. The fraction of sp³-hybridized carbons (Fsp3) is 0.333. The zero-order valence-electron chi connectivity index (χ0n) is 13.0. The Morgan fingerprint density at radius 3 is 2.70 bits per heavy atom. The molecule has 0 aliphatic heterocycles. The van der Waals surface area contributed by atoms with Gasteiger partial charge >= 0.3 is 6.03 Å². The highest BCUT2D eigenvalue weighted by Crippen LogP contribution is 2.18. The predicted octanol–water partition coefficient (Wildman–Crippen LogP) is 1.84. The highest BCUT2D eigenvalue weighted by atomic mass is 32.2. The lowest BCUT2D eigenvalue weighted by atomic mass is 10.2. The quantitative estimate of drug-likeness (QED) is 0.788. The van der Waals surface area contributed by atoms with Gasteiger partial charge in [0.1, 0.15) is 6.33 Å². The van der Waals surface area contributed by atoms with Crippen molar-refractivity contribution < 1.29 is 9.59 Å². The molecule has 7 nitrogen and oxygen atoms in total. The molecule has 0 aliphatic rings. The standard InChI is InChI=1S/C15H19N5O2S/c1-11(2)8-16-14(22)18-13(21)9-23-15-19-17-10-20(15)12-6-4-3-5-7-12/h3-7,10-11H,8-9H2,1-2H3,(H2,16,18,21,22). The van der Waals surface area contributed by atoms with E-state index in [0.29, 0.717) is 17.6 Å². The summed E-state index contributed by atoms with van der Waals surface area (Å²) in [5.41, 5.74) is 0.912. The summed E-state index contributed by atoms with van der Waals surface area (Å²) in [6.45, 7) is 4.48. The van der Waals surface area contributed by atoms with E-state index in [1.165, 1.54) is 11.8 Å². The van der Waals surface area contributed by atoms with Gasteiger partial charge in [-0.15, -0.1) is 10.2 Å². The molecule has 122 valence electrons. The number of thioether (sulfide) groups is 1. The Morgan fingerprint density at radius 2 is 2.00 bits per heavy atom. The van der Waals surface area contributed by atoms with E-state index < -0.39 is 6.03 Å². The number of nitrogens with one attached hydrogen (secondary N) is 2. The number of urea groups is 1. The molecule has 0 fully saturated rings. The third kappa shape index (κ3) is 5.41. The first-order valence-corrected chi connectivity index (χ1v) is 8.20. The van der Waals surface area contributed by atoms with Crippen LogP contribution in [0.3, 0.4) is 0 Å². The lowest BCUT2D eigenvalue weighted by Gasteiger charge is -2.08. The van der Waals surface area contributed by atoms with Gasteiger partial charge in [-0.3, -0.25) is 14.7 Å². The molecule has 1 heterocycles. The Labute approximate surface area is 138 Å². The number of nitrogens with zero attached hydrogens (tertiary/aromatic N) is 3. The molecule has 1 aromatic carbocycles. The van der Waals surface area contributed by atoms with Crippen molar-refractivity contribution in [2.75, 3.05) is 12.3 Å². The molecule has 2 N–H and O–H groups in total. The van der Waals surface area contributed by atoms with Crippen molar-refractivity contribution in [3.8, 4) is 5.69 Å². The van der Waals surface area contributed by atoms with Crippen molar-refractivity contribution in [3.63, 3.8) is 0 Å². The number of imide groups is 1. The van der Waals surface area contributed by atoms with E-state index >= 15 is 0 Å². The Bertz CT molecular complexity index is 657. The zero-order chi connectivity index (χ0) is 16.7. The summed E-state index contributed by atoms with van der Waals surface area (Å²) in [7, 11) is 0. The Hall–Kier alpha value is -2.35. The molecule has 2 aromatic rings. The largest absolute Gasteiger partial charge is 0.338 e. The van der Waals surface area contributed by atoms with Gasteiger partial charge in [-0.05, 0) is 18.1 Å². The third-order valence-electron chi connectivity index (χ3n) is 2.81. The van der Waals surface area contributed by atoms with Crippen LogP contribution in [-0.4, -0.2) is 39.0 Å². The molecule has 0 spiro atoms. The summed E-state index contributed by atoms with van der Waals surface area (Å²) in [5.74, 6) is 0.0363. The van der Waals surface area contributed by atoms with Crippen molar-refractivity contribution in [2.24, 2.45) is 5.92 Å². The zero-order valence-corrected chi connectivity index (χ0v) is 13.8. The topological polar surface area (TPSA) is 88.9 Å². The Kier molecular flexibility index (Phi) is 6.16. The van der Waals surface area contributed by atoms with Crippen molar-refractivity contribution in [1.82, 2.24) is 25.4 Å². The fourth-order valence-electron chi connectivity index (χ4n) is 1.72. The number of aromatic nitrogens is 3. The number of carbonyl (C=O) groups excluding carboxylic acids is 2. The summed E-state index contributed by atoms with van der Waals surface area (Å²) in [4.78, 5) is 23.3. The summed E-state index contributed by atoms with van der Waals surface area (Å²) >= 11 is 1.22. The van der Waals surface area contributed by atoms with Gasteiger partial charge in [-0.2, -0.15) is 0 Å². The van der Waals surface area contributed by atoms with Gasteiger partial charge in [-0.25, -0.2) is 4.79 Å². The SMILES string of the molecule is CC(C)CNC(=O)NC(=O)CSc1nncn1-c1ccccc1. The Balaban J connectivity index is 1.86. The van der Waals surface area contributed by atoms with Gasteiger partial charge in [0.15, 0.2) is 5.16 Å². The molecule has 0 saturated heterocycles. The van der Waals surface area contributed by atoms with Crippen LogP contribution < -0.4 is 10.6 Å². The second-order valence-corrected chi connectivity index (χ2v) is 6.20. The molecule has 0 bridgehead atoms.